The van der Waals surface area contributed by atoms with Crippen molar-refractivity contribution in [3.05, 3.63) is 60.1 Å². The Morgan fingerprint density at radius 2 is 1.79 bits per heavy atom. The molecular formula is C14H10ClN3O. The molecule has 5 heteroatoms. The first-order valence-corrected chi connectivity index (χ1v) is 6.10. The van der Waals surface area contributed by atoms with E-state index in [1.165, 1.54) is 10.8 Å². The lowest BCUT2D eigenvalue weighted by Crippen LogP contribution is -2.17. The van der Waals surface area contributed by atoms with Crippen LogP contribution >= 0.6 is 11.6 Å². The molecule has 0 aliphatic carbocycles. The summed E-state index contributed by atoms with van der Waals surface area (Å²) in [6.45, 7) is 0. The lowest BCUT2D eigenvalue weighted by molar-refractivity contribution is 0.253. The van der Waals surface area contributed by atoms with E-state index in [1.807, 2.05) is 24.3 Å². The van der Waals surface area contributed by atoms with Gasteiger partial charge in [-0.3, -0.25) is 4.57 Å². The van der Waals surface area contributed by atoms with Gasteiger partial charge in [-0.2, -0.15) is 0 Å². The van der Waals surface area contributed by atoms with Gasteiger partial charge in [0.05, 0.1) is 11.9 Å². The van der Waals surface area contributed by atoms with Crippen molar-refractivity contribution in [1.29, 1.82) is 0 Å². The van der Waals surface area contributed by atoms with E-state index in [2.05, 4.69) is 10.3 Å². The third-order valence-electron chi connectivity index (χ3n) is 2.77. The average Bonchev–Trinajstić information content (AvgIpc) is 2.85. The topological polar surface area (TPSA) is 46.9 Å². The molecule has 19 heavy (non-hydrogen) atoms. The van der Waals surface area contributed by atoms with Gasteiger partial charge in [-0.1, -0.05) is 35.9 Å². The van der Waals surface area contributed by atoms with E-state index < -0.39 is 0 Å². The number of rotatable bonds is 1. The van der Waals surface area contributed by atoms with Crippen molar-refractivity contribution >= 4 is 34.1 Å². The molecule has 3 aromatic rings. The number of carbonyl (C=O) groups excluding carboxylic acids is 1. The Balaban J connectivity index is 1.85. The summed E-state index contributed by atoms with van der Waals surface area (Å²) < 4.78 is 1.51. The quantitative estimate of drug-likeness (QED) is 0.685. The molecule has 4 nitrogen and oxygen atoms in total. The van der Waals surface area contributed by atoms with Gasteiger partial charge in [-0.25, -0.2) is 9.78 Å². The van der Waals surface area contributed by atoms with Gasteiger partial charge in [0.15, 0.2) is 0 Å². The highest BCUT2D eigenvalue weighted by molar-refractivity contribution is 6.29. The van der Waals surface area contributed by atoms with Crippen LogP contribution in [0.15, 0.2) is 55.0 Å². The van der Waals surface area contributed by atoms with Crippen LogP contribution in [0.2, 0.25) is 5.15 Å². The van der Waals surface area contributed by atoms with E-state index in [4.69, 9.17) is 11.6 Å². The van der Waals surface area contributed by atoms with Gasteiger partial charge in [0.25, 0.3) is 0 Å². The predicted molar refractivity (Wildman–Crippen MR) is 75.6 cm³/mol. The highest BCUT2D eigenvalue weighted by Gasteiger charge is 2.06. The number of anilines is 1. The van der Waals surface area contributed by atoms with Crippen molar-refractivity contribution in [3.8, 4) is 0 Å². The third kappa shape index (κ3) is 2.44. The normalized spacial score (nSPS) is 10.6. The van der Waals surface area contributed by atoms with Crippen LogP contribution in [-0.4, -0.2) is 15.6 Å². The standard InChI is InChI=1S/C14H10ClN3O/c15-13-6-5-12(7-16-13)17-14(19)18-8-10-3-1-2-4-11(10)9-18/h1-9H,(H,17,19). The summed E-state index contributed by atoms with van der Waals surface area (Å²) in [7, 11) is 0. The van der Waals surface area contributed by atoms with Crippen LogP contribution in [0.5, 0.6) is 0 Å². The van der Waals surface area contributed by atoms with Crippen molar-refractivity contribution in [2.75, 3.05) is 5.32 Å². The predicted octanol–water partition coefficient (Wildman–Crippen LogP) is 3.77. The number of benzene rings is 1. The fourth-order valence-electron chi connectivity index (χ4n) is 1.84. The van der Waals surface area contributed by atoms with Crippen molar-refractivity contribution < 1.29 is 4.79 Å². The second-order valence-electron chi connectivity index (χ2n) is 4.09. The minimum atomic E-state index is -0.236. The molecule has 0 saturated carbocycles. The number of fused-ring (bicyclic) bond motifs is 1. The van der Waals surface area contributed by atoms with Crippen molar-refractivity contribution in [1.82, 2.24) is 9.55 Å². The fourth-order valence-corrected chi connectivity index (χ4v) is 1.95. The maximum Gasteiger partial charge on any atom is 0.330 e. The molecule has 0 saturated heterocycles. The molecule has 1 amide bonds. The number of hydrogen-bond acceptors (Lipinski definition) is 2. The average molecular weight is 272 g/mol. The van der Waals surface area contributed by atoms with Gasteiger partial charge >= 0.3 is 6.03 Å². The Labute approximate surface area is 114 Å². The summed E-state index contributed by atoms with van der Waals surface area (Å²) in [6, 6.07) is 10.9. The first-order chi connectivity index (χ1) is 9.22. The van der Waals surface area contributed by atoms with E-state index in [9.17, 15) is 4.79 Å². The number of nitrogens with one attached hydrogen (secondary N) is 1. The molecule has 3 rings (SSSR count). The minimum absolute atomic E-state index is 0.236. The fraction of sp³-hybridized carbons (Fsp3) is 0. The van der Waals surface area contributed by atoms with Crippen LogP contribution in [0, 0.1) is 0 Å². The molecule has 0 fully saturated rings. The number of halogens is 1. The SMILES string of the molecule is O=C(Nc1ccc(Cl)nc1)n1cc2ccccc2c1. The zero-order chi connectivity index (χ0) is 13.2. The summed E-state index contributed by atoms with van der Waals surface area (Å²) in [5.74, 6) is 0. The molecule has 2 aromatic heterocycles. The van der Waals surface area contributed by atoms with E-state index in [-0.39, 0.29) is 6.03 Å². The number of carbonyl (C=O) groups is 1. The zero-order valence-electron chi connectivity index (χ0n) is 9.88. The number of hydrogen-bond donors (Lipinski definition) is 1. The smallest absolute Gasteiger partial charge is 0.306 e. The van der Waals surface area contributed by atoms with Crippen molar-refractivity contribution in [2.45, 2.75) is 0 Å². The van der Waals surface area contributed by atoms with Crippen LogP contribution in [0.1, 0.15) is 0 Å². The van der Waals surface area contributed by atoms with E-state index in [0.717, 1.165) is 10.8 Å². The molecule has 0 atom stereocenters. The maximum atomic E-state index is 12.1. The first kappa shape index (κ1) is 11.7. The van der Waals surface area contributed by atoms with E-state index in [0.29, 0.717) is 10.8 Å². The molecule has 0 unspecified atom stereocenters. The first-order valence-electron chi connectivity index (χ1n) is 5.72. The molecule has 0 aliphatic rings. The second kappa shape index (κ2) is 4.74. The number of pyridine rings is 1. The van der Waals surface area contributed by atoms with Gasteiger partial charge in [-0.15, -0.1) is 0 Å². The summed E-state index contributed by atoms with van der Waals surface area (Å²) in [4.78, 5) is 16.0. The van der Waals surface area contributed by atoms with Crippen LogP contribution in [0.3, 0.4) is 0 Å². The largest absolute Gasteiger partial charge is 0.330 e. The molecule has 1 N–H and O–H groups in total. The van der Waals surface area contributed by atoms with Crippen molar-refractivity contribution in [2.24, 2.45) is 0 Å². The molecular weight excluding hydrogens is 262 g/mol. The summed E-state index contributed by atoms with van der Waals surface area (Å²) in [5, 5.41) is 5.18. The summed E-state index contributed by atoms with van der Waals surface area (Å²) in [5.41, 5.74) is 0.604. The molecule has 94 valence electrons. The number of nitrogens with zero attached hydrogens (tertiary/aromatic N) is 2. The van der Waals surface area contributed by atoms with Gasteiger partial charge in [-0.05, 0) is 22.9 Å². The Morgan fingerprint density at radius 1 is 1.11 bits per heavy atom. The second-order valence-corrected chi connectivity index (χ2v) is 4.48. The highest BCUT2D eigenvalue weighted by Crippen LogP contribution is 2.15. The third-order valence-corrected chi connectivity index (χ3v) is 2.99. The Kier molecular flexibility index (Phi) is 2.93. The van der Waals surface area contributed by atoms with E-state index in [1.54, 1.807) is 24.5 Å². The van der Waals surface area contributed by atoms with Crippen LogP contribution in [-0.2, 0) is 0 Å². The van der Waals surface area contributed by atoms with Crippen LogP contribution < -0.4 is 5.32 Å². The van der Waals surface area contributed by atoms with Crippen molar-refractivity contribution in [3.63, 3.8) is 0 Å². The van der Waals surface area contributed by atoms with Gasteiger partial charge in [0.1, 0.15) is 5.15 Å². The molecule has 0 radical (unpaired) electrons. The maximum absolute atomic E-state index is 12.1. The minimum Gasteiger partial charge on any atom is -0.306 e. The molecule has 2 heterocycles. The van der Waals surface area contributed by atoms with Crippen LogP contribution in [0.4, 0.5) is 10.5 Å². The summed E-state index contributed by atoms with van der Waals surface area (Å²) >= 11 is 5.69. The Hall–Kier alpha value is -2.33. The Bertz CT molecular complexity index is 701. The molecule has 0 aliphatic heterocycles. The molecule has 0 spiro atoms. The van der Waals surface area contributed by atoms with Gasteiger partial charge in [0.2, 0.25) is 0 Å². The van der Waals surface area contributed by atoms with Crippen LogP contribution in [0.25, 0.3) is 10.8 Å². The highest BCUT2D eigenvalue weighted by atomic mass is 35.5. The van der Waals surface area contributed by atoms with Gasteiger partial charge < -0.3 is 5.32 Å². The summed E-state index contributed by atoms with van der Waals surface area (Å²) in [6.07, 6.45) is 5.09. The molecule has 1 aromatic carbocycles. The monoisotopic (exact) mass is 271 g/mol. The van der Waals surface area contributed by atoms with Gasteiger partial charge in [0, 0.05) is 12.4 Å². The number of aromatic nitrogens is 2. The Morgan fingerprint density at radius 3 is 2.37 bits per heavy atom. The number of amides is 1. The van der Waals surface area contributed by atoms with E-state index >= 15 is 0 Å². The zero-order valence-corrected chi connectivity index (χ0v) is 10.6. The molecule has 0 bridgehead atoms. The lowest BCUT2D eigenvalue weighted by atomic mass is 10.2. The lowest BCUT2D eigenvalue weighted by Gasteiger charge is -2.04.